The molecule has 0 amide bonds. The molecule has 1 saturated heterocycles. The van der Waals surface area contributed by atoms with Gasteiger partial charge in [-0.05, 0) is 41.1 Å². The second-order valence-corrected chi connectivity index (χ2v) is 6.02. The monoisotopic (exact) mass is 293 g/mol. The molecule has 1 aromatic heterocycles. The highest BCUT2D eigenvalue weighted by atomic mass is 35.5. The Morgan fingerprint density at radius 3 is 2.58 bits per heavy atom. The van der Waals surface area contributed by atoms with Crippen molar-refractivity contribution in [1.29, 1.82) is 0 Å². The molecule has 0 spiro atoms. The van der Waals surface area contributed by atoms with Gasteiger partial charge in [-0.25, -0.2) is 0 Å². The van der Waals surface area contributed by atoms with Crippen LogP contribution < -0.4 is 4.90 Å². The highest BCUT2D eigenvalue weighted by Crippen LogP contribution is 2.27. The number of hydrogen-bond donors (Lipinski definition) is 0. The molecule has 19 heavy (non-hydrogen) atoms. The summed E-state index contributed by atoms with van der Waals surface area (Å²) in [5.74, 6) is 0. The molecule has 0 unspecified atom stereocenters. The predicted octanol–water partition coefficient (Wildman–Crippen LogP) is 3.83. The molecule has 0 radical (unpaired) electrons. The van der Waals surface area contributed by atoms with Crippen LogP contribution in [0.4, 0.5) is 5.00 Å². The van der Waals surface area contributed by atoms with Gasteiger partial charge in [-0.1, -0.05) is 23.7 Å². The first kappa shape index (κ1) is 13.0. The van der Waals surface area contributed by atoms with Crippen LogP contribution in [0.15, 0.2) is 35.7 Å². The lowest BCUT2D eigenvalue weighted by Gasteiger charge is -2.27. The van der Waals surface area contributed by atoms with E-state index in [-0.39, 0.29) is 0 Å². The van der Waals surface area contributed by atoms with E-state index < -0.39 is 0 Å². The predicted molar refractivity (Wildman–Crippen MR) is 81.6 cm³/mol. The fourth-order valence-corrected chi connectivity index (χ4v) is 3.34. The lowest BCUT2D eigenvalue weighted by atomic mass is 10.1. The van der Waals surface area contributed by atoms with Crippen molar-refractivity contribution in [3.63, 3.8) is 0 Å². The van der Waals surface area contributed by atoms with Crippen molar-refractivity contribution in [2.75, 3.05) is 31.2 Å². The van der Waals surface area contributed by atoms with E-state index in [1.165, 1.54) is 16.1 Å². The van der Waals surface area contributed by atoms with Gasteiger partial charge in [0.1, 0.15) is 0 Å². The van der Waals surface area contributed by atoms with Gasteiger partial charge in [-0.2, -0.15) is 0 Å². The van der Waals surface area contributed by atoms with E-state index in [0.29, 0.717) is 0 Å². The summed E-state index contributed by atoms with van der Waals surface area (Å²) in [4.78, 5) is 2.40. The molecule has 2 aromatic rings. The maximum atomic E-state index is 5.90. The van der Waals surface area contributed by atoms with Crippen LogP contribution in [0.25, 0.3) is 0 Å². The third kappa shape index (κ3) is 3.30. The van der Waals surface area contributed by atoms with Gasteiger partial charge in [0.05, 0.1) is 18.2 Å². The normalized spacial score (nSPS) is 15.7. The fourth-order valence-electron chi connectivity index (χ4n) is 2.24. The van der Waals surface area contributed by atoms with Crippen molar-refractivity contribution >= 4 is 27.9 Å². The highest BCUT2D eigenvalue weighted by Gasteiger charge is 2.13. The SMILES string of the molecule is Clc1ccc(Cc2csc(N3CCOCC3)c2)cc1. The number of morpholine rings is 1. The number of halogens is 1. The summed E-state index contributed by atoms with van der Waals surface area (Å²) in [7, 11) is 0. The van der Waals surface area contributed by atoms with Crippen LogP contribution in [0.1, 0.15) is 11.1 Å². The summed E-state index contributed by atoms with van der Waals surface area (Å²) in [5.41, 5.74) is 2.67. The Hall–Kier alpha value is -1.03. The number of anilines is 1. The summed E-state index contributed by atoms with van der Waals surface area (Å²) in [6.45, 7) is 3.68. The number of hydrogen-bond acceptors (Lipinski definition) is 3. The van der Waals surface area contributed by atoms with E-state index in [0.717, 1.165) is 37.7 Å². The average molecular weight is 294 g/mol. The van der Waals surface area contributed by atoms with Crippen LogP contribution in [0.2, 0.25) is 5.02 Å². The maximum Gasteiger partial charge on any atom is 0.0913 e. The molecule has 100 valence electrons. The van der Waals surface area contributed by atoms with Gasteiger partial charge in [0.15, 0.2) is 0 Å². The van der Waals surface area contributed by atoms with E-state index in [1.54, 1.807) is 0 Å². The van der Waals surface area contributed by atoms with Crippen molar-refractivity contribution < 1.29 is 4.74 Å². The van der Waals surface area contributed by atoms with Crippen molar-refractivity contribution in [3.05, 3.63) is 51.9 Å². The molecule has 0 atom stereocenters. The molecule has 0 saturated carbocycles. The zero-order chi connectivity index (χ0) is 13.1. The molecule has 1 aliphatic rings. The third-order valence-corrected chi connectivity index (χ3v) is 4.57. The minimum absolute atomic E-state index is 0.795. The Kier molecular flexibility index (Phi) is 4.06. The lowest BCUT2D eigenvalue weighted by Crippen LogP contribution is -2.35. The molecule has 1 aromatic carbocycles. The molecule has 3 rings (SSSR count). The van der Waals surface area contributed by atoms with E-state index in [9.17, 15) is 0 Å². The van der Waals surface area contributed by atoms with Gasteiger partial charge in [-0.15, -0.1) is 11.3 Å². The minimum atomic E-state index is 0.795. The zero-order valence-electron chi connectivity index (χ0n) is 10.6. The van der Waals surface area contributed by atoms with Gasteiger partial charge in [-0.3, -0.25) is 0 Å². The van der Waals surface area contributed by atoms with Gasteiger partial charge >= 0.3 is 0 Å². The van der Waals surface area contributed by atoms with Crippen LogP contribution in [0.3, 0.4) is 0 Å². The molecule has 2 nitrogen and oxygen atoms in total. The summed E-state index contributed by atoms with van der Waals surface area (Å²) in [6.07, 6.45) is 0.970. The van der Waals surface area contributed by atoms with E-state index >= 15 is 0 Å². The highest BCUT2D eigenvalue weighted by molar-refractivity contribution is 7.14. The quantitative estimate of drug-likeness (QED) is 0.853. The number of ether oxygens (including phenoxy) is 1. The van der Waals surface area contributed by atoms with Gasteiger partial charge < -0.3 is 9.64 Å². The van der Waals surface area contributed by atoms with Gasteiger partial charge in [0, 0.05) is 18.1 Å². The van der Waals surface area contributed by atoms with Gasteiger partial charge in [0.2, 0.25) is 0 Å². The van der Waals surface area contributed by atoms with E-state index in [2.05, 4.69) is 28.5 Å². The first-order chi connectivity index (χ1) is 9.31. The summed E-state index contributed by atoms with van der Waals surface area (Å²) in [6, 6.07) is 10.4. The Bertz CT molecular complexity index is 531. The lowest BCUT2D eigenvalue weighted by molar-refractivity contribution is 0.123. The molecular weight excluding hydrogens is 278 g/mol. The summed E-state index contributed by atoms with van der Waals surface area (Å²) >= 11 is 7.73. The fraction of sp³-hybridized carbons (Fsp3) is 0.333. The van der Waals surface area contributed by atoms with Gasteiger partial charge in [0.25, 0.3) is 0 Å². The number of benzene rings is 1. The van der Waals surface area contributed by atoms with Crippen LogP contribution in [-0.4, -0.2) is 26.3 Å². The molecule has 4 heteroatoms. The molecule has 1 aliphatic heterocycles. The Morgan fingerprint density at radius 1 is 1.11 bits per heavy atom. The van der Waals surface area contributed by atoms with Crippen molar-refractivity contribution in [2.24, 2.45) is 0 Å². The minimum Gasteiger partial charge on any atom is -0.378 e. The summed E-state index contributed by atoms with van der Waals surface area (Å²) in [5, 5.41) is 4.40. The third-order valence-electron chi connectivity index (χ3n) is 3.28. The Balaban J connectivity index is 1.68. The average Bonchev–Trinajstić information content (AvgIpc) is 2.91. The van der Waals surface area contributed by atoms with Crippen LogP contribution >= 0.6 is 22.9 Å². The maximum absolute atomic E-state index is 5.90. The molecule has 1 fully saturated rings. The molecule has 0 N–H and O–H groups in total. The Labute approximate surface area is 122 Å². The first-order valence-electron chi connectivity index (χ1n) is 6.46. The van der Waals surface area contributed by atoms with E-state index in [1.807, 2.05) is 23.5 Å². The first-order valence-corrected chi connectivity index (χ1v) is 7.71. The summed E-state index contributed by atoms with van der Waals surface area (Å²) < 4.78 is 5.39. The number of thiophene rings is 1. The second-order valence-electron chi connectivity index (χ2n) is 4.70. The molecule has 2 heterocycles. The number of nitrogens with zero attached hydrogens (tertiary/aromatic N) is 1. The zero-order valence-corrected chi connectivity index (χ0v) is 12.2. The van der Waals surface area contributed by atoms with Crippen molar-refractivity contribution in [1.82, 2.24) is 0 Å². The van der Waals surface area contributed by atoms with E-state index in [4.69, 9.17) is 16.3 Å². The van der Waals surface area contributed by atoms with Crippen molar-refractivity contribution in [3.8, 4) is 0 Å². The standard InChI is InChI=1S/C15H16ClNOS/c16-14-3-1-12(2-4-14)9-13-10-15(19-11-13)17-5-7-18-8-6-17/h1-4,10-11H,5-9H2. The molecule has 0 aliphatic carbocycles. The topological polar surface area (TPSA) is 12.5 Å². The number of rotatable bonds is 3. The Morgan fingerprint density at radius 2 is 1.84 bits per heavy atom. The second kappa shape index (κ2) is 5.95. The van der Waals surface area contributed by atoms with Crippen LogP contribution in [0, 0.1) is 0 Å². The largest absolute Gasteiger partial charge is 0.378 e. The van der Waals surface area contributed by atoms with Crippen molar-refractivity contribution in [2.45, 2.75) is 6.42 Å². The smallest absolute Gasteiger partial charge is 0.0913 e. The van der Waals surface area contributed by atoms with Crippen LogP contribution in [0.5, 0.6) is 0 Å². The molecule has 0 bridgehead atoms. The molecular formula is C15H16ClNOS. The van der Waals surface area contributed by atoms with Crippen LogP contribution in [-0.2, 0) is 11.2 Å².